The number of pyridine rings is 1. The zero-order valence-electron chi connectivity index (χ0n) is 22.4. The zero-order chi connectivity index (χ0) is 27.7. The molecule has 39 heavy (non-hydrogen) atoms. The number of nitrogens with one attached hydrogen (secondary N) is 1. The van der Waals surface area contributed by atoms with E-state index in [4.69, 9.17) is 4.74 Å². The number of alkyl halides is 3. The molecule has 0 spiro atoms. The van der Waals surface area contributed by atoms with Gasteiger partial charge in [0.15, 0.2) is 5.82 Å². The van der Waals surface area contributed by atoms with Crippen molar-refractivity contribution in [2.45, 2.75) is 45.8 Å². The number of aryl methyl sites for hydroxylation is 1. The van der Waals surface area contributed by atoms with Crippen LogP contribution in [0.25, 0.3) is 10.9 Å². The number of carbonyl (C=O) groups is 1. The Labute approximate surface area is 225 Å². The monoisotopic (exact) mass is 542 g/mol. The molecule has 0 bridgehead atoms. The summed E-state index contributed by atoms with van der Waals surface area (Å²) in [7, 11) is 0. The van der Waals surface area contributed by atoms with Gasteiger partial charge in [0.25, 0.3) is 0 Å². The predicted octanol–water partition coefficient (Wildman–Crippen LogP) is 4.91. The van der Waals surface area contributed by atoms with Crippen LogP contribution in [-0.2, 0) is 15.7 Å². The van der Waals surface area contributed by atoms with E-state index in [1.807, 2.05) is 24.8 Å². The lowest BCUT2D eigenvalue weighted by Crippen LogP contribution is -2.51. The van der Waals surface area contributed by atoms with Crippen LogP contribution in [-0.4, -0.2) is 65.4 Å². The maximum Gasteiger partial charge on any atom is 0.416 e. The summed E-state index contributed by atoms with van der Waals surface area (Å²) in [5.41, 5.74) is 2.32. The van der Waals surface area contributed by atoms with Crippen molar-refractivity contribution in [3.8, 4) is 0 Å². The number of benzene rings is 1. The van der Waals surface area contributed by atoms with E-state index in [0.29, 0.717) is 62.0 Å². The molecule has 2 aromatic heterocycles. The van der Waals surface area contributed by atoms with Crippen LogP contribution in [0.2, 0.25) is 0 Å². The molecule has 3 aromatic rings. The average molecular weight is 543 g/mol. The summed E-state index contributed by atoms with van der Waals surface area (Å²) in [6.07, 6.45) is -1.06. The summed E-state index contributed by atoms with van der Waals surface area (Å²) in [5, 5.41) is 12.6. The normalized spacial score (nSPS) is 17.9. The lowest BCUT2D eigenvalue weighted by Gasteiger charge is -2.38. The van der Waals surface area contributed by atoms with Gasteiger partial charge in [0.05, 0.1) is 34.7 Å². The van der Waals surface area contributed by atoms with Crippen LogP contribution in [0.15, 0.2) is 30.5 Å². The van der Waals surface area contributed by atoms with Crippen LogP contribution < -0.4 is 10.2 Å². The van der Waals surface area contributed by atoms with Gasteiger partial charge in [0.2, 0.25) is 5.91 Å². The Kier molecular flexibility index (Phi) is 7.61. The Hall–Kier alpha value is -3.47. The van der Waals surface area contributed by atoms with Crippen LogP contribution in [0, 0.1) is 19.8 Å². The molecule has 1 amide bonds. The maximum atomic E-state index is 13.5. The van der Waals surface area contributed by atoms with Gasteiger partial charge >= 0.3 is 6.18 Å². The molecule has 2 saturated heterocycles. The minimum absolute atomic E-state index is 0.0465. The molecule has 2 aliphatic heterocycles. The number of halogens is 3. The van der Waals surface area contributed by atoms with Crippen LogP contribution in [0.1, 0.15) is 48.2 Å². The number of fused-ring (bicyclic) bond motifs is 1. The Morgan fingerprint density at radius 2 is 1.82 bits per heavy atom. The van der Waals surface area contributed by atoms with E-state index < -0.39 is 17.8 Å². The third kappa shape index (κ3) is 5.63. The van der Waals surface area contributed by atoms with Gasteiger partial charge in [-0.3, -0.25) is 9.78 Å². The second-order valence-corrected chi connectivity index (χ2v) is 10.3. The van der Waals surface area contributed by atoms with Crippen molar-refractivity contribution in [3.63, 3.8) is 0 Å². The average Bonchev–Trinajstić information content (AvgIpc) is 2.94. The summed E-state index contributed by atoms with van der Waals surface area (Å²) in [6.45, 7) is 9.05. The highest BCUT2D eigenvalue weighted by Crippen LogP contribution is 2.36. The van der Waals surface area contributed by atoms with E-state index in [2.05, 4.69) is 25.4 Å². The highest BCUT2D eigenvalue weighted by atomic mass is 19.4. The topological polar surface area (TPSA) is 83.5 Å². The minimum atomic E-state index is -4.42. The molecule has 0 unspecified atom stereocenters. The number of aromatic nitrogens is 3. The van der Waals surface area contributed by atoms with E-state index in [0.717, 1.165) is 30.0 Å². The number of nitrogens with zero attached hydrogens (tertiary/aromatic N) is 5. The Morgan fingerprint density at radius 1 is 1.10 bits per heavy atom. The molecule has 2 fully saturated rings. The van der Waals surface area contributed by atoms with Crippen LogP contribution in [0.4, 0.5) is 24.7 Å². The molecule has 1 N–H and O–H groups in total. The molecule has 1 atom stereocenters. The predicted molar refractivity (Wildman–Crippen MR) is 143 cm³/mol. The van der Waals surface area contributed by atoms with E-state index in [-0.39, 0.29) is 17.4 Å². The Morgan fingerprint density at radius 3 is 2.51 bits per heavy atom. The zero-order valence-corrected chi connectivity index (χ0v) is 22.4. The fourth-order valence-electron chi connectivity index (χ4n) is 5.53. The molecule has 0 radical (unpaired) electrons. The van der Waals surface area contributed by atoms with E-state index in [9.17, 15) is 18.0 Å². The maximum absolute atomic E-state index is 13.5. The standard InChI is InChI=1S/C28H33F3N6O2/c1-17-22(5-4-6-24(17)28(29,30)31)18(2)33-26-23-15-21(16-32-25(23)19(3)34-35-26)36-9-11-37(12-10-36)27(38)20-7-13-39-14-8-20/h4-6,15-16,18,20H,7-14H2,1-3H3,(H,33,35)/t18-/m1/s1. The Bertz CT molecular complexity index is 1350. The number of anilines is 2. The molecule has 2 aliphatic rings. The van der Waals surface area contributed by atoms with E-state index in [1.165, 1.54) is 13.0 Å². The number of carbonyl (C=O) groups excluding carboxylic acids is 1. The van der Waals surface area contributed by atoms with Crippen molar-refractivity contribution in [2.75, 3.05) is 49.6 Å². The molecular formula is C28H33F3N6O2. The van der Waals surface area contributed by atoms with Gasteiger partial charge in [-0.25, -0.2) is 0 Å². The van der Waals surface area contributed by atoms with Crippen LogP contribution in [0.3, 0.4) is 0 Å². The van der Waals surface area contributed by atoms with Crippen molar-refractivity contribution >= 4 is 28.3 Å². The first-order valence-electron chi connectivity index (χ1n) is 13.3. The van der Waals surface area contributed by atoms with Crippen molar-refractivity contribution in [1.29, 1.82) is 0 Å². The molecule has 0 saturated carbocycles. The number of ether oxygens (including phenoxy) is 1. The first kappa shape index (κ1) is 27.1. The first-order valence-corrected chi connectivity index (χ1v) is 13.3. The fraction of sp³-hybridized carbons (Fsp3) is 0.500. The number of piperazine rings is 1. The summed E-state index contributed by atoms with van der Waals surface area (Å²) >= 11 is 0. The molecule has 4 heterocycles. The van der Waals surface area contributed by atoms with Crippen molar-refractivity contribution in [3.05, 3.63) is 52.8 Å². The molecule has 1 aromatic carbocycles. The number of amides is 1. The van der Waals surface area contributed by atoms with Gasteiger partial charge in [-0.15, -0.1) is 5.10 Å². The summed E-state index contributed by atoms with van der Waals surface area (Å²) in [4.78, 5) is 21.7. The first-order chi connectivity index (χ1) is 18.6. The van der Waals surface area contributed by atoms with Crippen molar-refractivity contribution < 1.29 is 22.7 Å². The minimum Gasteiger partial charge on any atom is -0.381 e. The number of rotatable bonds is 5. The third-order valence-electron chi connectivity index (χ3n) is 7.80. The van der Waals surface area contributed by atoms with Gasteiger partial charge in [-0.2, -0.15) is 18.3 Å². The molecule has 11 heteroatoms. The molecule has 208 valence electrons. The lowest BCUT2D eigenvalue weighted by atomic mass is 9.97. The van der Waals surface area contributed by atoms with Gasteiger partial charge in [-0.05, 0) is 56.9 Å². The smallest absolute Gasteiger partial charge is 0.381 e. The quantitative estimate of drug-likeness (QED) is 0.491. The molecular weight excluding hydrogens is 509 g/mol. The molecule has 5 rings (SSSR count). The highest BCUT2D eigenvalue weighted by molar-refractivity contribution is 5.92. The van der Waals surface area contributed by atoms with Crippen molar-refractivity contribution in [2.24, 2.45) is 5.92 Å². The van der Waals surface area contributed by atoms with Gasteiger partial charge in [0.1, 0.15) is 0 Å². The van der Waals surface area contributed by atoms with Gasteiger partial charge in [-0.1, -0.05) is 12.1 Å². The second kappa shape index (κ2) is 11.0. The van der Waals surface area contributed by atoms with E-state index in [1.54, 1.807) is 12.3 Å². The molecule has 8 nitrogen and oxygen atoms in total. The largest absolute Gasteiger partial charge is 0.416 e. The highest BCUT2D eigenvalue weighted by Gasteiger charge is 2.33. The lowest BCUT2D eigenvalue weighted by molar-refractivity contribution is -0.139. The molecule has 0 aliphatic carbocycles. The fourth-order valence-corrected chi connectivity index (χ4v) is 5.53. The number of hydrogen-bond acceptors (Lipinski definition) is 7. The van der Waals surface area contributed by atoms with Crippen molar-refractivity contribution in [1.82, 2.24) is 20.1 Å². The van der Waals surface area contributed by atoms with E-state index >= 15 is 0 Å². The third-order valence-corrected chi connectivity index (χ3v) is 7.80. The SMILES string of the molecule is Cc1c([C@@H](C)Nc2nnc(C)c3ncc(N4CCN(C(=O)C5CCOCC5)CC4)cc23)cccc1C(F)(F)F. The van der Waals surface area contributed by atoms with Gasteiger partial charge in [0, 0.05) is 50.7 Å². The van der Waals surface area contributed by atoms with Crippen LogP contribution >= 0.6 is 0 Å². The summed E-state index contributed by atoms with van der Waals surface area (Å²) < 4.78 is 45.8. The summed E-state index contributed by atoms with van der Waals surface area (Å²) in [6, 6.07) is 5.76. The summed E-state index contributed by atoms with van der Waals surface area (Å²) in [5.74, 6) is 0.721. The number of hydrogen-bond donors (Lipinski definition) is 1. The van der Waals surface area contributed by atoms with Crippen LogP contribution in [0.5, 0.6) is 0 Å². The Balaban J connectivity index is 1.35. The van der Waals surface area contributed by atoms with Gasteiger partial charge < -0.3 is 19.9 Å². The second-order valence-electron chi connectivity index (χ2n) is 10.3.